The predicted molar refractivity (Wildman–Crippen MR) is 163 cm³/mol. The molecule has 0 unspecified atom stereocenters. The van der Waals surface area contributed by atoms with E-state index in [1.807, 2.05) is 4.90 Å². The van der Waals surface area contributed by atoms with Gasteiger partial charge in [0.05, 0.1) is 16.5 Å². The van der Waals surface area contributed by atoms with Crippen molar-refractivity contribution in [1.29, 1.82) is 0 Å². The number of amides is 1. The van der Waals surface area contributed by atoms with Crippen LogP contribution in [0.2, 0.25) is 0 Å². The molecule has 2 aromatic heterocycles. The quantitative estimate of drug-likeness (QED) is 0.276. The van der Waals surface area contributed by atoms with E-state index in [9.17, 15) is 13.6 Å². The van der Waals surface area contributed by atoms with Crippen molar-refractivity contribution in [3.8, 4) is 35.4 Å². The van der Waals surface area contributed by atoms with E-state index in [1.54, 1.807) is 0 Å². The monoisotopic (exact) mass is 619 g/mol. The molecule has 1 saturated carbocycles. The molecule has 1 aliphatic carbocycles. The smallest absolute Gasteiger partial charge is 0.412 e. The number of alkyl halides is 1. The van der Waals surface area contributed by atoms with Gasteiger partial charge in [0.1, 0.15) is 41.4 Å². The van der Waals surface area contributed by atoms with E-state index >= 15 is 4.39 Å². The number of hydrogen-bond donors (Lipinski definition) is 1. The van der Waals surface area contributed by atoms with E-state index in [-0.39, 0.29) is 69.8 Å². The molecule has 45 heavy (non-hydrogen) atoms. The largest absolute Gasteiger partial charge is 0.461 e. The Bertz CT molecular complexity index is 2000. The molecule has 0 bridgehead atoms. The molecule has 232 valence electrons. The zero-order valence-corrected chi connectivity index (χ0v) is 24.4. The number of aromatic nitrogens is 3. The van der Waals surface area contributed by atoms with Crippen LogP contribution in [0, 0.1) is 24.0 Å². The molecule has 12 heteroatoms. The second kappa shape index (κ2) is 11.1. The van der Waals surface area contributed by atoms with Crippen LogP contribution in [0.1, 0.15) is 41.8 Å². The summed E-state index contributed by atoms with van der Waals surface area (Å²) >= 11 is 0. The Hall–Kier alpha value is -4.63. The number of terminal acetylenes is 1. The minimum absolute atomic E-state index is 0.00513. The van der Waals surface area contributed by atoms with E-state index in [0.29, 0.717) is 31.2 Å². The number of nitrogens with one attached hydrogen (secondary N) is 1. The van der Waals surface area contributed by atoms with Crippen molar-refractivity contribution in [3.05, 3.63) is 47.7 Å². The van der Waals surface area contributed by atoms with Crippen molar-refractivity contribution in [2.24, 2.45) is 0 Å². The highest BCUT2D eigenvalue weighted by atomic mass is 19.1. The Morgan fingerprint density at radius 3 is 2.91 bits per heavy atom. The average molecular weight is 620 g/mol. The Kier molecular flexibility index (Phi) is 6.31. The Labute approximate surface area is 262 Å². The molecule has 2 aromatic carbocycles. The lowest BCUT2D eigenvalue weighted by molar-refractivity contribution is 0.107. The molecule has 1 N–H and O–H groups in total. The van der Waals surface area contributed by atoms with Gasteiger partial charge in [-0.2, -0.15) is 9.97 Å². The molecular formula is C33H31F3N6O3. The van der Waals surface area contributed by atoms with Crippen LogP contribution in [0.3, 0.4) is 0 Å². The van der Waals surface area contributed by atoms with E-state index in [0.717, 1.165) is 23.9 Å². The second-order valence-corrected chi connectivity index (χ2v) is 11.8. The lowest BCUT2D eigenvalue weighted by Gasteiger charge is -2.31. The number of hydrogen-bond acceptors (Lipinski definition) is 8. The predicted octanol–water partition coefficient (Wildman–Crippen LogP) is 5.38. The van der Waals surface area contributed by atoms with E-state index in [4.69, 9.17) is 20.0 Å². The summed E-state index contributed by atoms with van der Waals surface area (Å²) in [5.41, 5.74) is -1.32. The number of carbonyl (C=O) groups excluding carboxylic acids is 1. The molecule has 4 aromatic rings. The summed E-state index contributed by atoms with van der Waals surface area (Å²) in [7, 11) is 1.37. The highest BCUT2D eigenvalue weighted by Crippen LogP contribution is 2.42. The normalized spacial score (nSPS) is 22.4. The summed E-state index contributed by atoms with van der Waals surface area (Å²) in [6, 6.07) is 4.69. The number of carbonyl (C=O) groups is 1. The molecule has 1 amide bonds. The van der Waals surface area contributed by atoms with E-state index < -0.39 is 36.4 Å². The van der Waals surface area contributed by atoms with Gasteiger partial charge in [-0.3, -0.25) is 9.88 Å². The number of fused-ring (bicyclic) bond motifs is 3. The Morgan fingerprint density at radius 2 is 2.16 bits per heavy atom. The van der Waals surface area contributed by atoms with Gasteiger partial charge in [0.2, 0.25) is 0 Å². The lowest BCUT2D eigenvalue weighted by Crippen LogP contribution is -2.43. The maximum Gasteiger partial charge on any atom is 0.412 e. The fourth-order valence-corrected chi connectivity index (χ4v) is 6.57. The topological polar surface area (TPSA) is 92.7 Å². The average Bonchev–Trinajstić information content (AvgIpc) is 3.71. The van der Waals surface area contributed by atoms with Crippen molar-refractivity contribution >= 4 is 33.6 Å². The first kappa shape index (κ1) is 25.7. The van der Waals surface area contributed by atoms with Gasteiger partial charge in [-0.25, -0.2) is 18.0 Å². The van der Waals surface area contributed by atoms with Crippen LogP contribution >= 0.6 is 0 Å². The Balaban J connectivity index is 1.42. The van der Waals surface area contributed by atoms with Gasteiger partial charge in [-0.05, 0) is 55.8 Å². The van der Waals surface area contributed by atoms with Crippen molar-refractivity contribution in [2.75, 3.05) is 38.6 Å². The summed E-state index contributed by atoms with van der Waals surface area (Å²) in [6.07, 6.45) is 8.17. The van der Waals surface area contributed by atoms with Gasteiger partial charge in [0, 0.05) is 54.3 Å². The van der Waals surface area contributed by atoms with Gasteiger partial charge in [-0.1, -0.05) is 12.0 Å². The lowest BCUT2D eigenvalue weighted by atomic mass is 9.95. The first-order chi connectivity index (χ1) is 22.9. The summed E-state index contributed by atoms with van der Waals surface area (Å²) in [5, 5.41) is 2.84. The van der Waals surface area contributed by atoms with Crippen molar-refractivity contribution in [3.63, 3.8) is 0 Å². The number of benzene rings is 2. The number of ether oxygens (including phenoxy) is 2. The molecule has 2 aliphatic heterocycles. The van der Waals surface area contributed by atoms with Crippen molar-refractivity contribution < 1.29 is 31.6 Å². The number of nitrogens with zero attached hydrogens (tertiary/aromatic N) is 5. The zero-order valence-electron chi connectivity index (χ0n) is 27.4. The standard InChI is InChI=1S/C33H31F3N6O3/c1-4-22-25(35)9-6-18-12-21(45-32(43)37-2)13-23(26(18)22)28-27(36)29-24(15-38-28)30(41(3)20-7-8-20)40-31(39-29)44-17-33-10-5-11-42(33)16-19(34)14-33/h1,6,9,12-13,15,19-20H,5,7-8,10-11,14,16-17H2,2-3H3,(H,37,43)/t19-,33+/m1/s1/i3D3. The fraction of sp³-hybridized carbons (Fsp3) is 0.394. The van der Waals surface area contributed by atoms with Crippen molar-refractivity contribution in [1.82, 2.24) is 25.2 Å². The number of halogens is 3. The van der Waals surface area contributed by atoms with Crippen LogP contribution in [0.25, 0.3) is 32.9 Å². The highest BCUT2D eigenvalue weighted by molar-refractivity contribution is 6.03. The maximum atomic E-state index is 16.9. The third-order valence-corrected chi connectivity index (χ3v) is 8.87. The third kappa shape index (κ3) is 5.05. The zero-order chi connectivity index (χ0) is 34.0. The van der Waals surface area contributed by atoms with Gasteiger partial charge >= 0.3 is 12.1 Å². The number of pyridine rings is 1. The molecule has 2 atom stereocenters. The number of rotatable bonds is 7. The summed E-state index contributed by atoms with van der Waals surface area (Å²) < 4.78 is 82.6. The maximum absolute atomic E-state index is 16.9. The van der Waals surface area contributed by atoms with Crippen LogP contribution in [0.5, 0.6) is 11.8 Å². The molecule has 9 nitrogen and oxygen atoms in total. The van der Waals surface area contributed by atoms with E-state index in [1.165, 1.54) is 31.4 Å². The van der Waals surface area contributed by atoms with Gasteiger partial charge in [-0.15, -0.1) is 6.42 Å². The fourth-order valence-electron chi connectivity index (χ4n) is 6.57. The van der Waals surface area contributed by atoms with Crippen LogP contribution in [0.4, 0.5) is 23.8 Å². The molecular weight excluding hydrogens is 585 g/mol. The summed E-state index contributed by atoms with van der Waals surface area (Å²) in [5.74, 6) is 0.527. The summed E-state index contributed by atoms with van der Waals surface area (Å²) in [4.78, 5) is 28.5. The Morgan fingerprint density at radius 1 is 1.31 bits per heavy atom. The first-order valence-electron chi connectivity index (χ1n) is 16.2. The van der Waals surface area contributed by atoms with Crippen molar-refractivity contribution in [2.45, 2.75) is 49.9 Å². The summed E-state index contributed by atoms with van der Waals surface area (Å²) in [6.45, 7) is -1.59. The molecule has 0 radical (unpaired) electrons. The first-order valence-corrected chi connectivity index (χ1v) is 14.7. The minimum Gasteiger partial charge on any atom is -0.461 e. The number of anilines is 1. The molecule has 3 aliphatic rings. The SMILES string of the molecule is [2H]C([2H])([2H])N(c1nc(OC[C@@]23CCCN2C[C@H](F)C3)nc2c(F)c(-c3cc(OC(=O)NC)cc4ccc(F)c(C#C)c34)ncc12)C1CC1. The third-order valence-electron chi connectivity index (χ3n) is 8.87. The van der Waals surface area contributed by atoms with E-state index in [2.05, 4.69) is 26.2 Å². The van der Waals surface area contributed by atoms with Gasteiger partial charge in [0.25, 0.3) is 0 Å². The molecule has 2 saturated heterocycles. The molecule has 7 rings (SSSR count). The molecule has 3 fully saturated rings. The van der Waals surface area contributed by atoms with Crippen LogP contribution in [-0.4, -0.2) is 77.4 Å². The van der Waals surface area contributed by atoms with Crippen LogP contribution in [0.15, 0.2) is 30.5 Å². The van der Waals surface area contributed by atoms with Crippen LogP contribution in [-0.2, 0) is 0 Å². The van der Waals surface area contributed by atoms with Crippen LogP contribution < -0.4 is 19.7 Å². The second-order valence-electron chi connectivity index (χ2n) is 11.8. The minimum atomic E-state index is -2.64. The highest BCUT2D eigenvalue weighted by Gasteiger charge is 2.49. The van der Waals surface area contributed by atoms with Gasteiger partial charge in [0.15, 0.2) is 5.82 Å². The molecule has 0 spiro atoms. The van der Waals surface area contributed by atoms with Gasteiger partial charge < -0.3 is 19.7 Å². The molecule has 4 heterocycles.